The number of nitrogens with zero attached hydrogens (tertiary/aromatic N) is 2. The average Bonchev–Trinajstić information content (AvgIpc) is 2.58. The molecule has 0 saturated carbocycles. The summed E-state index contributed by atoms with van der Waals surface area (Å²) in [5.74, 6) is -1.64. The topological polar surface area (TPSA) is 52.1 Å². The fourth-order valence-electron chi connectivity index (χ4n) is 2.48. The Morgan fingerprint density at radius 3 is 2.62 bits per heavy atom. The van der Waals surface area contributed by atoms with E-state index < -0.39 is 11.8 Å². The number of fused-ring (bicyclic) bond motifs is 1. The van der Waals surface area contributed by atoms with Crippen molar-refractivity contribution < 1.29 is 13.9 Å². The van der Waals surface area contributed by atoms with Gasteiger partial charge in [-0.1, -0.05) is 41.9 Å². The van der Waals surface area contributed by atoms with Crippen LogP contribution >= 0.6 is 11.6 Å². The molecule has 122 valence electrons. The molecule has 0 radical (unpaired) electrons. The van der Waals surface area contributed by atoms with Crippen LogP contribution in [0.15, 0.2) is 36.4 Å². The number of carbonyl (C=O) groups is 1. The predicted octanol–water partition coefficient (Wildman–Crippen LogP) is 4.57. The third-order valence-corrected chi connectivity index (χ3v) is 3.90. The van der Waals surface area contributed by atoms with E-state index in [9.17, 15) is 9.18 Å². The van der Waals surface area contributed by atoms with Crippen LogP contribution in [0.2, 0.25) is 5.15 Å². The number of hydrogen-bond donors (Lipinski definition) is 0. The zero-order chi connectivity index (χ0) is 17.3. The van der Waals surface area contributed by atoms with Gasteiger partial charge in [-0.25, -0.2) is 19.2 Å². The number of esters is 1. The summed E-state index contributed by atoms with van der Waals surface area (Å²) in [6, 6.07) is 11.2. The Kier molecular flexibility index (Phi) is 4.44. The normalized spacial score (nSPS) is 10.8. The largest absolute Gasteiger partial charge is 0.461 e. The molecule has 4 nitrogen and oxygen atoms in total. The molecular formula is C18H14ClFN2O2. The van der Waals surface area contributed by atoms with Crippen LogP contribution in [0.4, 0.5) is 4.39 Å². The standard InChI is InChI=1S/C18H14ClFN2O2/c1-3-24-18(23)16-14(20)15-12(10(2)21-16)9-13(17(19)22-15)11-7-5-4-6-8-11/h4-9H,3H2,1-2H3. The molecule has 3 aromatic rings. The highest BCUT2D eigenvalue weighted by atomic mass is 35.5. The van der Waals surface area contributed by atoms with Gasteiger partial charge in [-0.2, -0.15) is 0 Å². The van der Waals surface area contributed by atoms with E-state index in [2.05, 4.69) is 9.97 Å². The van der Waals surface area contributed by atoms with Crippen molar-refractivity contribution in [2.24, 2.45) is 0 Å². The maximum atomic E-state index is 14.7. The summed E-state index contributed by atoms with van der Waals surface area (Å²) in [6.07, 6.45) is 0. The lowest BCUT2D eigenvalue weighted by molar-refractivity contribution is 0.0514. The molecular weight excluding hydrogens is 331 g/mol. The second-order valence-corrected chi connectivity index (χ2v) is 5.53. The van der Waals surface area contributed by atoms with E-state index in [0.29, 0.717) is 16.6 Å². The molecule has 0 amide bonds. The van der Waals surface area contributed by atoms with Crippen LogP contribution in [0.5, 0.6) is 0 Å². The number of rotatable bonds is 3. The first-order valence-electron chi connectivity index (χ1n) is 7.41. The molecule has 0 aliphatic rings. The first-order valence-corrected chi connectivity index (χ1v) is 7.79. The fraction of sp³-hybridized carbons (Fsp3) is 0.167. The molecule has 0 saturated heterocycles. The lowest BCUT2D eigenvalue weighted by Gasteiger charge is -2.11. The van der Waals surface area contributed by atoms with E-state index in [0.717, 1.165) is 5.56 Å². The second kappa shape index (κ2) is 6.53. The quantitative estimate of drug-likeness (QED) is 0.515. The lowest BCUT2D eigenvalue weighted by atomic mass is 10.0. The number of ether oxygens (including phenoxy) is 1. The van der Waals surface area contributed by atoms with Gasteiger partial charge >= 0.3 is 5.97 Å². The van der Waals surface area contributed by atoms with E-state index in [1.165, 1.54) is 0 Å². The summed E-state index contributed by atoms with van der Waals surface area (Å²) in [5.41, 5.74) is 1.66. The van der Waals surface area contributed by atoms with Crippen LogP contribution in [0.25, 0.3) is 22.0 Å². The monoisotopic (exact) mass is 344 g/mol. The van der Waals surface area contributed by atoms with Crippen molar-refractivity contribution in [3.05, 3.63) is 58.8 Å². The fourth-order valence-corrected chi connectivity index (χ4v) is 2.73. The van der Waals surface area contributed by atoms with Gasteiger partial charge in [0.1, 0.15) is 10.7 Å². The minimum absolute atomic E-state index is 0.00948. The Balaban J connectivity index is 2.24. The molecule has 2 heterocycles. The van der Waals surface area contributed by atoms with E-state index in [1.54, 1.807) is 19.9 Å². The van der Waals surface area contributed by atoms with Gasteiger partial charge in [-0.15, -0.1) is 0 Å². The summed E-state index contributed by atoms with van der Waals surface area (Å²) >= 11 is 6.24. The van der Waals surface area contributed by atoms with Crippen LogP contribution < -0.4 is 0 Å². The van der Waals surface area contributed by atoms with Gasteiger partial charge in [0.25, 0.3) is 0 Å². The molecule has 0 N–H and O–H groups in total. The summed E-state index contributed by atoms with van der Waals surface area (Å²) in [4.78, 5) is 20.1. The Bertz CT molecular complexity index is 929. The highest BCUT2D eigenvalue weighted by Gasteiger charge is 2.21. The van der Waals surface area contributed by atoms with Crippen LogP contribution in [-0.2, 0) is 4.74 Å². The van der Waals surface area contributed by atoms with Crippen molar-refractivity contribution in [2.75, 3.05) is 6.61 Å². The molecule has 3 rings (SSSR count). The summed E-state index contributed by atoms with van der Waals surface area (Å²) in [6.45, 7) is 3.47. The zero-order valence-electron chi connectivity index (χ0n) is 13.1. The van der Waals surface area contributed by atoms with Crippen molar-refractivity contribution >= 4 is 28.5 Å². The molecule has 0 bridgehead atoms. The molecule has 1 aromatic carbocycles. The highest BCUT2D eigenvalue weighted by Crippen LogP contribution is 2.32. The summed E-state index contributed by atoms with van der Waals surface area (Å²) in [5, 5.41) is 0.664. The highest BCUT2D eigenvalue weighted by molar-refractivity contribution is 6.32. The molecule has 2 aromatic heterocycles. The predicted molar refractivity (Wildman–Crippen MR) is 90.6 cm³/mol. The van der Waals surface area contributed by atoms with Gasteiger partial charge in [0.2, 0.25) is 0 Å². The Morgan fingerprint density at radius 1 is 1.25 bits per heavy atom. The maximum Gasteiger partial charge on any atom is 0.360 e. The van der Waals surface area contributed by atoms with Crippen LogP contribution in [0.1, 0.15) is 23.1 Å². The average molecular weight is 345 g/mol. The Hall–Kier alpha value is -2.53. The smallest absolute Gasteiger partial charge is 0.360 e. The van der Waals surface area contributed by atoms with Crippen LogP contribution in [-0.4, -0.2) is 22.5 Å². The van der Waals surface area contributed by atoms with E-state index in [4.69, 9.17) is 16.3 Å². The van der Waals surface area contributed by atoms with Crippen molar-refractivity contribution in [3.8, 4) is 11.1 Å². The molecule has 0 atom stereocenters. The number of hydrogen-bond acceptors (Lipinski definition) is 4. The van der Waals surface area contributed by atoms with E-state index in [-0.39, 0.29) is 23.0 Å². The molecule has 0 unspecified atom stereocenters. The SMILES string of the molecule is CCOC(=O)c1nc(C)c2cc(-c3ccccc3)c(Cl)nc2c1F. The van der Waals surface area contributed by atoms with Crippen molar-refractivity contribution in [1.29, 1.82) is 0 Å². The summed E-state index contributed by atoms with van der Waals surface area (Å²) in [7, 11) is 0. The number of aryl methyl sites for hydroxylation is 1. The molecule has 24 heavy (non-hydrogen) atoms. The van der Waals surface area contributed by atoms with Gasteiger partial charge in [-0.05, 0) is 25.5 Å². The number of aromatic nitrogens is 2. The van der Waals surface area contributed by atoms with Crippen LogP contribution in [0, 0.1) is 12.7 Å². The first kappa shape index (κ1) is 16.3. The first-order chi connectivity index (χ1) is 11.5. The van der Waals surface area contributed by atoms with Crippen LogP contribution in [0.3, 0.4) is 0 Å². The number of halogens is 2. The minimum Gasteiger partial charge on any atom is -0.461 e. The molecule has 0 aliphatic heterocycles. The van der Waals surface area contributed by atoms with Crippen molar-refractivity contribution in [3.63, 3.8) is 0 Å². The number of pyridine rings is 2. The zero-order valence-corrected chi connectivity index (χ0v) is 13.9. The molecule has 0 fully saturated rings. The molecule has 0 aliphatic carbocycles. The molecule has 6 heteroatoms. The van der Waals surface area contributed by atoms with Crippen molar-refractivity contribution in [1.82, 2.24) is 9.97 Å². The third kappa shape index (κ3) is 2.83. The van der Waals surface area contributed by atoms with Gasteiger partial charge in [0, 0.05) is 16.6 Å². The lowest BCUT2D eigenvalue weighted by Crippen LogP contribution is -2.12. The van der Waals surface area contributed by atoms with E-state index >= 15 is 0 Å². The summed E-state index contributed by atoms with van der Waals surface area (Å²) < 4.78 is 19.5. The number of benzene rings is 1. The van der Waals surface area contributed by atoms with Crippen molar-refractivity contribution in [2.45, 2.75) is 13.8 Å². The number of carbonyl (C=O) groups excluding carboxylic acids is 1. The molecule has 0 spiro atoms. The van der Waals surface area contributed by atoms with Gasteiger partial charge in [0.15, 0.2) is 11.5 Å². The van der Waals surface area contributed by atoms with Gasteiger partial charge in [-0.3, -0.25) is 0 Å². The third-order valence-electron chi connectivity index (χ3n) is 3.61. The van der Waals surface area contributed by atoms with E-state index in [1.807, 2.05) is 30.3 Å². The van der Waals surface area contributed by atoms with Gasteiger partial charge in [0.05, 0.1) is 6.61 Å². The maximum absolute atomic E-state index is 14.7. The Morgan fingerprint density at radius 2 is 1.96 bits per heavy atom. The minimum atomic E-state index is -0.824. The Labute approximate surface area is 143 Å². The van der Waals surface area contributed by atoms with Gasteiger partial charge < -0.3 is 4.74 Å². The second-order valence-electron chi connectivity index (χ2n) is 5.17.